The topological polar surface area (TPSA) is 38.0 Å². The van der Waals surface area contributed by atoms with Crippen molar-refractivity contribution in [1.29, 1.82) is 0 Å². The minimum absolute atomic E-state index is 0.222. The van der Waals surface area contributed by atoms with Crippen molar-refractivity contribution in [3.63, 3.8) is 0 Å². The van der Waals surface area contributed by atoms with Gasteiger partial charge in [0, 0.05) is 23.3 Å². The monoisotopic (exact) mass is 240 g/mol. The summed E-state index contributed by atoms with van der Waals surface area (Å²) >= 11 is 6.04. The van der Waals surface area contributed by atoms with Gasteiger partial charge in [0.05, 0.1) is 0 Å². The fraction of sp³-hybridized carbons (Fsp3) is 0.538. The van der Waals surface area contributed by atoms with Crippen LogP contribution in [0.15, 0.2) is 18.2 Å². The van der Waals surface area contributed by atoms with Gasteiger partial charge in [0.15, 0.2) is 0 Å². The molecule has 1 aromatic carbocycles. The Morgan fingerprint density at radius 3 is 2.81 bits per heavy atom. The van der Waals surface area contributed by atoms with E-state index in [4.69, 9.17) is 17.3 Å². The molecule has 1 atom stereocenters. The van der Waals surface area contributed by atoms with E-state index in [1.807, 2.05) is 25.1 Å². The maximum absolute atomic E-state index is 6.04. The first-order chi connectivity index (χ1) is 7.63. The molecule has 3 heteroatoms. The fourth-order valence-electron chi connectivity index (χ4n) is 1.52. The van der Waals surface area contributed by atoms with Crippen molar-refractivity contribution in [3.05, 3.63) is 28.8 Å². The number of benzene rings is 1. The summed E-state index contributed by atoms with van der Waals surface area (Å²) in [6, 6.07) is 6.22. The summed E-state index contributed by atoms with van der Waals surface area (Å²) in [4.78, 5) is 0. The molecule has 0 fully saturated rings. The molecule has 0 saturated carbocycles. The zero-order chi connectivity index (χ0) is 12.0. The van der Waals surface area contributed by atoms with Crippen molar-refractivity contribution in [2.24, 2.45) is 5.73 Å². The Hall–Kier alpha value is -0.730. The Kier molecular flexibility index (Phi) is 5.64. The molecule has 2 nitrogen and oxygen atoms in total. The SMILES string of the molecule is CCCCC(N)CNc1ccc(C)c(Cl)c1. The van der Waals surface area contributed by atoms with Gasteiger partial charge < -0.3 is 11.1 Å². The van der Waals surface area contributed by atoms with E-state index in [0.29, 0.717) is 0 Å². The van der Waals surface area contributed by atoms with Gasteiger partial charge in [0.25, 0.3) is 0 Å². The summed E-state index contributed by atoms with van der Waals surface area (Å²) in [6.45, 7) is 4.98. The van der Waals surface area contributed by atoms with Crippen molar-refractivity contribution in [2.75, 3.05) is 11.9 Å². The van der Waals surface area contributed by atoms with Gasteiger partial charge in [-0.05, 0) is 31.0 Å². The van der Waals surface area contributed by atoms with Crippen LogP contribution in [0.1, 0.15) is 31.7 Å². The minimum Gasteiger partial charge on any atom is -0.383 e. The van der Waals surface area contributed by atoms with Crippen LogP contribution in [0.3, 0.4) is 0 Å². The van der Waals surface area contributed by atoms with Crippen molar-refractivity contribution in [3.8, 4) is 0 Å². The Labute approximate surface area is 103 Å². The molecule has 0 aliphatic heterocycles. The number of nitrogens with two attached hydrogens (primary N) is 1. The molecule has 0 saturated heterocycles. The highest BCUT2D eigenvalue weighted by molar-refractivity contribution is 6.31. The van der Waals surface area contributed by atoms with E-state index in [1.54, 1.807) is 0 Å². The molecule has 0 aliphatic rings. The van der Waals surface area contributed by atoms with Crippen molar-refractivity contribution in [1.82, 2.24) is 0 Å². The van der Waals surface area contributed by atoms with Gasteiger partial charge >= 0.3 is 0 Å². The highest BCUT2D eigenvalue weighted by atomic mass is 35.5. The lowest BCUT2D eigenvalue weighted by Crippen LogP contribution is -2.28. The van der Waals surface area contributed by atoms with Crippen LogP contribution in [0.4, 0.5) is 5.69 Å². The quantitative estimate of drug-likeness (QED) is 0.798. The number of rotatable bonds is 6. The maximum Gasteiger partial charge on any atom is 0.0455 e. The predicted molar refractivity (Wildman–Crippen MR) is 72.2 cm³/mol. The summed E-state index contributed by atoms with van der Waals surface area (Å²) in [5.41, 5.74) is 8.12. The Morgan fingerprint density at radius 1 is 1.44 bits per heavy atom. The third-order valence-corrected chi connectivity index (χ3v) is 3.08. The van der Waals surface area contributed by atoms with Gasteiger partial charge in [-0.1, -0.05) is 37.4 Å². The molecule has 0 radical (unpaired) electrons. The molecule has 16 heavy (non-hydrogen) atoms. The number of hydrogen-bond donors (Lipinski definition) is 2. The van der Waals surface area contributed by atoms with Gasteiger partial charge in [0.1, 0.15) is 0 Å². The second-order valence-corrected chi connectivity index (χ2v) is 4.65. The predicted octanol–water partition coefficient (Wildman–Crippen LogP) is 3.58. The number of unbranched alkanes of at least 4 members (excludes halogenated alkanes) is 1. The lowest BCUT2D eigenvalue weighted by molar-refractivity contribution is 0.596. The Morgan fingerprint density at radius 2 is 2.19 bits per heavy atom. The van der Waals surface area contributed by atoms with Crippen molar-refractivity contribution < 1.29 is 0 Å². The minimum atomic E-state index is 0.222. The van der Waals surface area contributed by atoms with E-state index in [2.05, 4.69) is 12.2 Å². The molecule has 1 rings (SSSR count). The van der Waals surface area contributed by atoms with E-state index in [-0.39, 0.29) is 6.04 Å². The Balaban J connectivity index is 2.39. The average Bonchev–Trinajstić information content (AvgIpc) is 2.28. The molecule has 90 valence electrons. The highest BCUT2D eigenvalue weighted by Gasteiger charge is 2.02. The van der Waals surface area contributed by atoms with Crippen LogP contribution in [0.2, 0.25) is 5.02 Å². The Bertz CT molecular complexity index is 326. The highest BCUT2D eigenvalue weighted by Crippen LogP contribution is 2.19. The zero-order valence-corrected chi connectivity index (χ0v) is 10.8. The van der Waals surface area contributed by atoms with Crippen LogP contribution in [0.5, 0.6) is 0 Å². The summed E-state index contributed by atoms with van der Waals surface area (Å²) in [5, 5.41) is 4.11. The first-order valence-electron chi connectivity index (χ1n) is 5.89. The maximum atomic E-state index is 6.04. The molecule has 0 aliphatic carbocycles. The van der Waals surface area contributed by atoms with Crippen molar-refractivity contribution >= 4 is 17.3 Å². The third-order valence-electron chi connectivity index (χ3n) is 2.67. The first kappa shape index (κ1) is 13.3. The van der Waals surface area contributed by atoms with E-state index in [9.17, 15) is 0 Å². The molecule has 0 spiro atoms. The lowest BCUT2D eigenvalue weighted by Gasteiger charge is -2.13. The number of nitrogens with one attached hydrogen (secondary N) is 1. The van der Waals surface area contributed by atoms with Crippen LogP contribution in [-0.2, 0) is 0 Å². The van der Waals surface area contributed by atoms with E-state index in [0.717, 1.165) is 29.2 Å². The molecule has 1 unspecified atom stereocenters. The molecule has 0 bridgehead atoms. The summed E-state index contributed by atoms with van der Waals surface area (Å²) in [6.07, 6.45) is 3.46. The molecule has 3 N–H and O–H groups in total. The van der Waals surface area contributed by atoms with E-state index >= 15 is 0 Å². The largest absolute Gasteiger partial charge is 0.383 e. The number of anilines is 1. The van der Waals surface area contributed by atoms with Crippen molar-refractivity contribution in [2.45, 2.75) is 39.2 Å². The van der Waals surface area contributed by atoms with Crippen LogP contribution >= 0.6 is 11.6 Å². The van der Waals surface area contributed by atoms with Gasteiger partial charge in [-0.25, -0.2) is 0 Å². The molecule has 1 aromatic rings. The molecule has 0 heterocycles. The molecule has 0 amide bonds. The smallest absolute Gasteiger partial charge is 0.0455 e. The van der Waals surface area contributed by atoms with E-state index < -0.39 is 0 Å². The second-order valence-electron chi connectivity index (χ2n) is 4.25. The van der Waals surface area contributed by atoms with Gasteiger partial charge in [-0.15, -0.1) is 0 Å². The van der Waals surface area contributed by atoms with E-state index in [1.165, 1.54) is 12.8 Å². The number of hydrogen-bond acceptors (Lipinski definition) is 2. The summed E-state index contributed by atoms with van der Waals surface area (Å²) < 4.78 is 0. The number of aryl methyl sites for hydroxylation is 1. The molecular weight excluding hydrogens is 220 g/mol. The van der Waals surface area contributed by atoms with Crippen LogP contribution in [-0.4, -0.2) is 12.6 Å². The fourth-order valence-corrected chi connectivity index (χ4v) is 1.70. The van der Waals surface area contributed by atoms with Crippen LogP contribution < -0.4 is 11.1 Å². The normalized spacial score (nSPS) is 12.5. The first-order valence-corrected chi connectivity index (χ1v) is 6.27. The van der Waals surface area contributed by atoms with Crippen LogP contribution in [0, 0.1) is 6.92 Å². The van der Waals surface area contributed by atoms with Gasteiger partial charge in [0.2, 0.25) is 0 Å². The summed E-state index contributed by atoms with van der Waals surface area (Å²) in [7, 11) is 0. The summed E-state index contributed by atoms with van der Waals surface area (Å²) in [5.74, 6) is 0. The second kappa shape index (κ2) is 6.77. The zero-order valence-electron chi connectivity index (χ0n) is 10.1. The van der Waals surface area contributed by atoms with Gasteiger partial charge in [-0.3, -0.25) is 0 Å². The third kappa shape index (κ3) is 4.42. The molecule has 0 aromatic heterocycles. The van der Waals surface area contributed by atoms with Crippen LogP contribution in [0.25, 0.3) is 0 Å². The van der Waals surface area contributed by atoms with Gasteiger partial charge in [-0.2, -0.15) is 0 Å². The lowest BCUT2D eigenvalue weighted by atomic mass is 10.1. The molecular formula is C13H21ClN2. The average molecular weight is 241 g/mol. The standard InChI is InChI=1S/C13H21ClN2/c1-3-4-5-11(15)9-16-12-7-6-10(2)13(14)8-12/h6-8,11,16H,3-5,9,15H2,1-2H3. The number of halogens is 1.